The molecule has 0 spiro atoms. The average molecular weight is 276 g/mol. The van der Waals surface area contributed by atoms with Crippen molar-refractivity contribution < 1.29 is 4.74 Å². The maximum atomic E-state index is 5.74. The lowest BCUT2D eigenvalue weighted by molar-refractivity contribution is 0.131. The van der Waals surface area contributed by atoms with Crippen molar-refractivity contribution in [1.82, 2.24) is 5.32 Å². The highest BCUT2D eigenvalue weighted by Gasteiger charge is 2.21. The van der Waals surface area contributed by atoms with Gasteiger partial charge in [0.15, 0.2) is 0 Å². The second-order valence-electron chi connectivity index (χ2n) is 5.85. The number of likely N-dealkylation sites (N-methyl/N-ethyl adjacent to an activating group) is 1. The lowest BCUT2D eigenvalue weighted by Gasteiger charge is -2.23. The van der Waals surface area contributed by atoms with Crippen molar-refractivity contribution in [3.8, 4) is 0 Å². The van der Waals surface area contributed by atoms with E-state index >= 15 is 0 Å². The fourth-order valence-corrected chi connectivity index (χ4v) is 2.34. The highest BCUT2D eigenvalue weighted by molar-refractivity contribution is 5.54. The molecular formula is C17H28N2O. The quantitative estimate of drug-likeness (QED) is 0.702. The van der Waals surface area contributed by atoms with Gasteiger partial charge >= 0.3 is 0 Å². The van der Waals surface area contributed by atoms with Crippen molar-refractivity contribution in [3.63, 3.8) is 0 Å². The van der Waals surface area contributed by atoms with Crippen LogP contribution >= 0.6 is 0 Å². The number of ether oxygens (including phenoxy) is 1. The number of benzene rings is 1. The van der Waals surface area contributed by atoms with Gasteiger partial charge in [0.2, 0.25) is 0 Å². The van der Waals surface area contributed by atoms with Gasteiger partial charge in [0.1, 0.15) is 0 Å². The van der Waals surface area contributed by atoms with E-state index in [0.717, 1.165) is 38.8 Å². The van der Waals surface area contributed by atoms with Crippen LogP contribution in [-0.2, 0) is 11.3 Å². The van der Waals surface area contributed by atoms with Gasteiger partial charge in [-0.1, -0.05) is 24.6 Å². The number of hydrogen-bond acceptors (Lipinski definition) is 3. The number of nitrogens with one attached hydrogen (secondary N) is 1. The number of aryl methyl sites for hydroxylation is 1. The van der Waals surface area contributed by atoms with Crippen LogP contribution < -0.4 is 10.2 Å². The van der Waals surface area contributed by atoms with Crippen LogP contribution in [0.1, 0.15) is 30.9 Å². The summed E-state index contributed by atoms with van der Waals surface area (Å²) >= 11 is 0. The van der Waals surface area contributed by atoms with Crippen molar-refractivity contribution >= 4 is 5.69 Å². The molecule has 0 unspecified atom stereocenters. The van der Waals surface area contributed by atoms with E-state index in [2.05, 4.69) is 49.3 Å². The topological polar surface area (TPSA) is 24.5 Å². The van der Waals surface area contributed by atoms with Crippen molar-refractivity contribution in [2.45, 2.75) is 33.2 Å². The molecule has 1 aromatic carbocycles. The van der Waals surface area contributed by atoms with Gasteiger partial charge in [-0.05, 0) is 43.9 Å². The van der Waals surface area contributed by atoms with Gasteiger partial charge in [-0.3, -0.25) is 0 Å². The van der Waals surface area contributed by atoms with Crippen LogP contribution in [0.3, 0.4) is 0 Å². The summed E-state index contributed by atoms with van der Waals surface area (Å²) in [5.41, 5.74) is 4.00. The molecular weight excluding hydrogens is 248 g/mol. The van der Waals surface area contributed by atoms with Crippen LogP contribution in [0, 0.1) is 12.8 Å². The van der Waals surface area contributed by atoms with Gasteiger partial charge in [0.05, 0.1) is 6.61 Å². The van der Waals surface area contributed by atoms with E-state index in [0.29, 0.717) is 0 Å². The molecule has 1 saturated carbocycles. The van der Waals surface area contributed by atoms with E-state index in [1.807, 2.05) is 0 Å². The predicted octanol–water partition coefficient (Wildman–Crippen LogP) is 2.97. The normalized spacial score (nSPS) is 14.6. The first-order valence-corrected chi connectivity index (χ1v) is 7.79. The van der Waals surface area contributed by atoms with Crippen LogP contribution in [0.4, 0.5) is 5.69 Å². The lowest BCUT2D eigenvalue weighted by atomic mass is 10.1. The SMILES string of the molecule is CCNCc1cc(C)ccc1N(C)CCOCC1CC1. The zero-order valence-corrected chi connectivity index (χ0v) is 13.1. The fraction of sp³-hybridized carbons (Fsp3) is 0.647. The standard InChI is InChI=1S/C17H28N2O/c1-4-18-12-16-11-14(2)5-8-17(16)19(3)9-10-20-13-15-6-7-15/h5,8,11,15,18H,4,6-7,9-10,12-13H2,1-3H3. The van der Waals surface area contributed by atoms with E-state index in [4.69, 9.17) is 4.74 Å². The van der Waals surface area contributed by atoms with Gasteiger partial charge in [-0.15, -0.1) is 0 Å². The Balaban J connectivity index is 1.87. The average Bonchev–Trinajstić information content (AvgIpc) is 3.25. The van der Waals surface area contributed by atoms with Gasteiger partial charge in [0, 0.05) is 32.4 Å². The molecule has 0 heterocycles. The molecule has 112 valence electrons. The zero-order chi connectivity index (χ0) is 14.4. The van der Waals surface area contributed by atoms with E-state index in [9.17, 15) is 0 Å². The number of anilines is 1. The molecule has 0 aliphatic heterocycles. The molecule has 0 bridgehead atoms. The van der Waals surface area contributed by atoms with Crippen molar-refractivity contribution in [2.24, 2.45) is 5.92 Å². The third-order valence-electron chi connectivity index (χ3n) is 3.83. The molecule has 0 atom stereocenters. The highest BCUT2D eigenvalue weighted by Crippen LogP contribution is 2.28. The fourth-order valence-electron chi connectivity index (χ4n) is 2.34. The predicted molar refractivity (Wildman–Crippen MR) is 85.4 cm³/mol. The first-order chi connectivity index (χ1) is 9.70. The summed E-state index contributed by atoms with van der Waals surface area (Å²) in [6.07, 6.45) is 2.72. The number of nitrogens with zero attached hydrogens (tertiary/aromatic N) is 1. The minimum Gasteiger partial charge on any atom is -0.379 e. The minimum absolute atomic E-state index is 0.821. The van der Waals surface area contributed by atoms with Gasteiger partial charge < -0.3 is 15.0 Å². The summed E-state index contributed by atoms with van der Waals surface area (Å²) in [7, 11) is 2.15. The molecule has 0 aromatic heterocycles. The molecule has 0 saturated heterocycles. The van der Waals surface area contributed by atoms with E-state index < -0.39 is 0 Å². The Labute approximate surface area is 123 Å². The summed E-state index contributed by atoms with van der Waals surface area (Å²) in [4.78, 5) is 2.30. The van der Waals surface area contributed by atoms with E-state index in [-0.39, 0.29) is 0 Å². The Kier molecular flexibility index (Phi) is 5.86. The summed E-state index contributed by atoms with van der Waals surface area (Å²) in [5, 5.41) is 3.42. The molecule has 20 heavy (non-hydrogen) atoms. The Bertz CT molecular complexity index is 415. The molecule has 1 aromatic rings. The van der Waals surface area contributed by atoms with E-state index in [1.165, 1.54) is 29.7 Å². The third-order valence-corrected chi connectivity index (χ3v) is 3.83. The van der Waals surface area contributed by atoms with Crippen LogP contribution in [-0.4, -0.2) is 33.4 Å². The molecule has 1 N–H and O–H groups in total. The second kappa shape index (κ2) is 7.65. The monoisotopic (exact) mass is 276 g/mol. The largest absolute Gasteiger partial charge is 0.379 e. The smallest absolute Gasteiger partial charge is 0.0641 e. The van der Waals surface area contributed by atoms with Gasteiger partial charge in [0.25, 0.3) is 0 Å². The van der Waals surface area contributed by atoms with Crippen molar-refractivity contribution in [2.75, 3.05) is 38.3 Å². The maximum Gasteiger partial charge on any atom is 0.0641 e. The molecule has 0 radical (unpaired) electrons. The van der Waals surface area contributed by atoms with Crippen LogP contribution in [0.15, 0.2) is 18.2 Å². The Hall–Kier alpha value is -1.06. The summed E-state index contributed by atoms with van der Waals surface area (Å²) in [5.74, 6) is 0.851. The third kappa shape index (κ3) is 4.80. The van der Waals surface area contributed by atoms with Crippen molar-refractivity contribution in [1.29, 1.82) is 0 Å². The Morgan fingerprint density at radius 2 is 2.15 bits per heavy atom. The molecule has 0 amide bonds. The number of hydrogen-bond donors (Lipinski definition) is 1. The first-order valence-electron chi connectivity index (χ1n) is 7.79. The van der Waals surface area contributed by atoms with E-state index in [1.54, 1.807) is 0 Å². The molecule has 2 rings (SSSR count). The molecule has 3 heteroatoms. The molecule has 1 aliphatic rings. The minimum atomic E-state index is 0.821. The maximum absolute atomic E-state index is 5.74. The van der Waals surface area contributed by atoms with Gasteiger partial charge in [-0.2, -0.15) is 0 Å². The second-order valence-corrected chi connectivity index (χ2v) is 5.85. The van der Waals surface area contributed by atoms with Gasteiger partial charge in [-0.25, -0.2) is 0 Å². The zero-order valence-electron chi connectivity index (χ0n) is 13.1. The first kappa shape index (κ1) is 15.3. The number of rotatable bonds is 9. The lowest BCUT2D eigenvalue weighted by Crippen LogP contribution is -2.25. The van der Waals surface area contributed by atoms with Crippen LogP contribution in [0.5, 0.6) is 0 Å². The molecule has 1 aliphatic carbocycles. The molecule has 3 nitrogen and oxygen atoms in total. The molecule has 1 fully saturated rings. The van der Waals surface area contributed by atoms with Crippen molar-refractivity contribution in [3.05, 3.63) is 29.3 Å². The highest BCUT2D eigenvalue weighted by atomic mass is 16.5. The summed E-state index contributed by atoms with van der Waals surface area (Å²) in [6, 6.07) is 6.69. The van der Waals surface area contributed by atoms with Crippen LogP contribution in [0.25, 0.3) is 0 Å². The summed E-state index contributed by atoms with van der Waals surface area (Å²) in [6.45, 7) is 8.95. The Morgan fingerprint density at radius 3 is 2.85 bits per heavy atom. The van der Waals surface area contributed by atoms with Crippen LogP contribution in [0.2, 0.25) is 0 Å². The Morgan fingerprint density at radius 1 is 1.35 bits per heavy atom. The summed E-state index contributed by atoms with van der Waals surface area (Å²) < 4.78 is 5.74.